The molecule has 0 saturated carbocycles. The van der Waals surface area contributed by atoms with E-state index >= 15 is 0 Å². The summed E-state index contributed by atoms with van der Waals surface area (Å²) in [6.45, 7) is 3.87. The smallest absolute Gasteiger partial charge is 0.337 e. The van der Waals surface area contributed by atoms with Gasteiger partial charge in [0.1, 0.15) is 0 Å². The summed E-state index contributed by atoms with van der Waals surface area (Å²) in [6, 6.07) is 17.2. The molecule has 138 valence electrons. The zero-order chi connectivity index (χ0) is 19.7. The summed E-state index contributed by atoms with van der Waals surface area (Å²) >= 11 is 0. The fourth-order valence-electron chi connectivity index (χ4n) is 3.33. The van der Waals surface area contributed by atoms with Gasteiger partial charge in [-0.2, -0.15) is 0 Å². The fourth-order valence-corrected chi connectivity index (χ4v) is 3.33. The van der Waals surface area contributed by atoms with Gasteiger partial charge in [-0.1, -0.05) is 29.8 Å². The minimum absolute atomic E-state index is 0.238. The summed E-state index contributed by atoms with van der Waals surface area (Å²) in [5, 5.41) is 13.7. The molecule has 5 nitrogen and oxygen atoms in total. The molecule has 0 atom stereocenters. The summed E-state index contributed by atoms with van der Waals surface area (Å²) in [4.78, 5) is 20.6. The molecular formula is C23H19N3O2. The molecule has 2 aromatic carbocycles. The first-order valence-electron chi connectivity index (χ1n) is 8.94. The average Bonchev–Trinajstić information content (AvgIpc) is 2.69. The summed E-state index contributed by atoms with van der Waals surface area (Å²) < 4.78 is 0. The van der Waals surface area contributed by atoms with Crippen LogP contribution in [-0.4, -0.2) is 21.0 Å². The largest absolute Gasteiger partial charge is 0.478 e. The lowest BCUT2D eigenvalue weighted by Crippen LogP contribution is -2.04. The van der Waals surface area contributed by atoms with Crippen molar-refractivity contribution in [3.63, 3.8) is 0 Å². The van der Waals surface area contributed by atoms with Crippen LogP contribution in [-0.2, 0) is 0 Å². The number of pyridine rings is 2. The molecule has 0 unspecified atom stereocenters. The molecule has 0 aliphatic heterocycles. The van der Waals surface area contributed by atoms with Crippen molar-refractivity contribution in [2.75, 3.05) is 5.32 Å². The Balaban J connectivity index is 1.72. The number of carbonyl (C=O) groups is 1. The van der Waals surface area contributed by atoms with E-state index in [1.54, 1.807) is 24.5 Å². The van der Waals surface area contributed by atoms with Crippen molar-refractivity contribution in [2.24, 2.45) is 0 Å². The van der Waals surface area contributed by atoms with Crippen molar-refractivity contribution in [2.45, 2.75) is 13.8 Å². The third-order valence-electron chi connectivity index (χ3n) is 4.66. The maximum atomic E-state index is 11.5. The number of benzene rings is 2. The summed E-state index contributed by atoms with van der Waals surface area (Å²) in [7, 11) is 0. The minimum atomic E-state index is -0.962. The molecule has 0 bridgehead atoms. The Kier molecular flexibility index (Phi) is 4.49. The van der Waals surface area contributed by atoms with Gasteiger partial charge in [-0.15, -0.1) is 0 Å². The normalized spacial score (nSPS) is 10.8. The van der Waals surface area contributed by atoms with Gasteiger partial charge in [-0.3, -0.25) is 9.97 Å². The molecular weight excluding hydrogens is 350 g/mol. The van der Waals surface area contributed by atoms with Gasteiger partial charge in [-0.25, -0.2) is 4.79 Å². The van der Waals surface area contributed by atoms with E-state index < -0.39 is 5.97 Å². The first kappa shape index (κ1) is 17.7. The summed E-state index contributed by atoms with van der Waals surface area (Å²) in [5.74, 6) is -0.962. The molecule has 5 heteroatoms. The number of aromatic nitrogens is 2. The Hall–Kier alpha value is -3.73. The van der Waals surface area contributed by atoms with Crippen LogP contribution in [0.4, 0.5) is 11.4 Å². The number of rotatable bonds is 4. The van der Waals surface area contributed by atoms with Gasteiger partial charge in [0.25, 0.3) is 0 Å². The molecule has 0 aliphatic carbocycles. The van der Waals surface area contributed by atoms with Gasteiger partial charge < -0.3 is 10.4 Å². The number of hydrogen-bond donors (Lipinski definition) is 2. The van der Waals surface area contributed by atoms with E-state index in [2.05, 4.69) is 15.3 Å². The summed E-state index contributed by atoms with van der Waals surface area (Å²) in [5.41, 5.74) is 6.24. The number of fused-ring (bicyclic) bond motifs is 1. The highest BCUT2D eigenvalue weighted by Gasteiger charge is 2.12. The van der Waals surface area contributed by atoms with E-state index in [1.807, 2.05) is 56.3 Å². The molecule has 0 aliphatic rings. The molecule has 4 aromatic rings. The predicted molar refractivity (Wildman–Crippen MR) is 111 cm³/mol. The van der Waals surface area contributed by atoms with Crippen molar-refractivity contribution >= 4 is 28.2 Å². The van der Waals surface area contributed by atoms with Gasteiger partial charge in [0, 0.05) is 17.1 Å². The maximum absolute atomic E-state index is 11.5. The van der Waals surface area contributed by atoms with Crippen LogP contribution < -0.4 is 5.32 Å². The first-order valence-corrected chi connectivity index (χ1v) is 8.94. The van der Waals surface area contributed by atoms with Crippen LogP contribution >= 0.6 is 0 Å². The second-order valence-electron chi connectivity index (χ2n) is 6.74. The van der Waals surface area contributed by atoms with Crippen LogP contribution in [0, 0.1) is 13.8 Å². The standard InChI is InChI=1S/C23H19N3O2/c1-14-8-9-21(19(11-14)23(27)28)26-16-12-15(2)22(25-13-16)18-5-3-7-20-17(18)6-4-10-24-20/h3-13,26H,1-2H3,(H,27,28). The van der Waals surface area contributed by atoms with Gasteiger partial charge in [0.05, 0.1) is 34.3 Å². The monoisotopic (exact) mass is 369 g/mol. The Morgan fingerprint density at radius 3 is 2.64 bits per heavy atom. The zero-order valence-corrected chi connectivity index (χ0v) is 15.6. The van der Waals surface area contributed by atoms with E-state index in [0.717, 1.165) is 39.0 Å². The van der Waals surface area contributed by atoms with E-state index in [1.165, 1.54) is 0 Å². The highest BCUT2D eigenvalue weighted by Crippen LogP contribution is 2.30. The van der Waals surface area contributed by atoms with Crippen molar-refractivity contribution in [3.8, 4) is 11.3 Å². The third kappa shape index (κ3) is 3.30. The molecule has 2 N–H and O–H groups in total. The lowest BCUT2D eigenvalue weighted by Gasteiger charge is -2.13. The second kappa shape index (κ2) is 7.12. The van der Waals surface area contributed by atoms with E-state index in [-0.39, 0.29) is 5.56 Å². The molecule has 0 fully saturated rings. The average molecular weight is 369 g/mol. The van der Waals surface area contributed by atoms with Gasteiger partial charge >= 0.3 is 5.97 Å². The maximum Gasteiger partial charge on any atom is 0.337 e. The Morgan fingerprint density at radius 2 is 1.86 bits per heavy atom. The fraction of sp³-hybridized carbons (Fsp3) is 0.0870. The SMILES string of the molecule is Cc1ccc(Nc2cnc(-c3cccc4ncccc34)c(C)c2)c(C(=O)O)c1. The van der Waals surface area contributed by atoms with Crippen LogP contribution in [0.3, 0.4) is 0 Å². The van der Waals surface area contributed by atoms with Crippen LogP contribution in [0.2, 0.25) is 0 Å². The number of aromatic carboxylic acids is 1. The molecule has 0 saturated heterocycles. The van der Waals surface area contributed by atoms with Crippen molar-refractivity contribution < 1.29 is 9.90 Å². The number of carboxylic acid groups (broad SMARTS) is 1. The number of nitrogens with one attached hydrogen (secondary N) is 1. The van der Waals surface area contributed by atoms with E-state index in [4.69, 9.17) is 0 Å². The number of hydrogen-bond acceptors (Lipinski definition) is 4. The summed E-state index contributed by atoms with van der Waals surface area (Å²) in [6.07, 6.45) is 3.50. The number of anilines is 2. The second-order valence-corrected chi connectivity index (χ2v) is 6.74. The third-order valence-corrected chi connectivity index (χ3v) is 4.66. The number of carboxylic acids is 1. The van der Waals surface area contributed by atoms with Crippen molar-refractivity contribution in [1.29, 1.82) is 0 Å². The lowest BCUT2D eigenvalue weighted by atomic mass is 10.0. The number of aryl methyl sites for hydroxylation is 2. The van der Waals surface area contributed by atoms with Crippen LogP contribution in [0.1, 0.15) is 21.5 Å². The quantitative estimate of drug-likeness (QED) is 0.507. The molecule has 0 radical (unpaired) electrons. The van der Waals surface area contributed by atoms with Gasteiger partial charge in [0.2, 0.25) is 0 Å². The molecule has 4 rings (SSSR count). The molecule has 28 heavy (non-hydrogen) atoms. The van der Waals surface area contributed by atoms with Crippen LogP contribution in [0.15, 0.2) is 67.0 Å². The molecule has 2 aromatic heterocycles. The van der Waals surface area contributed by atoms with Crippen LogP contribution in [0.25, 0.3) is 22.2 Å². The van der Waals surface area contributed by atoms with Gasteiger partial charge in [-0.05, 0) is 49.7 Å². The van der Waals surface area contributed by atoms with Crippen LogP contribution in [0.5, 0.6) is 0 Å². The molecule has 0 spiro atoms. The van der Waals surface area contributed by atoms with Crippen molar-refractivity contribution in [3.05, 3.63) is 83.7 Å². The minimum Gasteiger partial charge on any atom is -0.478 e. The zero-order valence-electron chi connectivity index (χ0n) is 15.6. The van der Waals surface area contributed by atoms with Gasteiger partial charge in [0.15, 0.2) is 0 Å². The first-order chi connectivity index (χ1) is 13.5. The predicted octanol–water partition coefficient (Wildman–Crippen LogP) is 5.36. The molecule has 2 heterocycles. The van der Waals surface area contributed by atoms with E-state index in [9.17, 15) is 9.90 Å². The highest BCUT2D eigenvalue weighted by atomic mass is 16.4. The lowest BCUT2D eigenvalue weighted by molar-refractivity contribution is 0.0698. The molecule has 0 amide bonds. The highest BCUT2D eigenvalue weighted by molar-refractivity contribution is 5.96. The number of nitrogens with zero attached hydrogens (tertiary/aromatic N) is 2. The Morgan fingerprint density at radius 1 is 1.00 bits per heavy atom. The topological polar surface area (TPSA) is 75.1 Å². The Labute approximate surface area is 162 Å². The van der Waals surface area contributed by atoms with E-state index in [0.29, 0.717) is 5.69 Å². The Bertz CT molecular complexity index is 1200. The van der Waals surface area contributed by atoms with Crippen molar-refractivity contribution in [1.82, 2.24) is 9.97 Å².